The molecule has 6 heteroatoms. The first-order valence-corrected chi connectivity index (χ1v) is 11.0. The van der Waals surface area contributed by atoms with Crippen molar-refractivity contribution in [3.05, 3.63) is 35.9 Å². The van der Waals surface area contributed by atoms with Gasteiger partial charge in [0.15, 0.2) is 0 Å². The highest BCUT2D eigenvalue weighted by Gasteiger charge is 2.29. The number of hydrogen-bond donors (Lipinski definition) is 1. The molecule has 3 heterocycles. The second-order valence-electron chi connectivity index (χ2n) is 8.69. The molecule has 2 aromatic rings. The van der Waals surface area contributed by atoms with Crippen LogP contribution in [0.2, 0.25) is 0 Å². The van der Waals surface area contributed by atoms with Crippen LogP contribution in [0, 0.1) is 0 Å². The molecule has 1 N–H and O–H groups in total. The Labute approximate surface area is 172 Å². The molecule has 1 aromatic heterocycles. The van der Waals surface area contributed by atoms with Crippen molar-refractivity contribution in [3.63, 3.8) is 0 Å². The van der Waals surface area contributed by atoms with Gasteiger partial charge < -0.3 is 15.0 Å². The lowest BCUT2D eigenvalue weighted by Crippen LogP contribution is -2.51. The summed E-state index contributed by atoms with van der Waals surface area (Å²) in [4.78, 5) is 22.7. The first kappa shape index (κ1) is 18.8. The third-order valence-electron chi connectivity index (χ3n) is 6.44. The molecule has 1 saturated carbocycles. The number of nitrogens with zero attached hydrogens (tertiary/aromatic N) is 3. The number of fused-ring (bicyclic) bond motifs is 1. The average molecular weight is 395 g/mol. The zero-order chi connectivity index (χ0) is 19.8. The van der Waals surface area contributed by atoms with Crippen LogP contribution >= 0.6 is 0 Å². The predicted molar refractivity (Wildman–Crippen MR) is 114 cm³/mol. The van der Waals surface area contributed by atoms with Crippen LogP contribution in [0.25, 0.3) is 10.9 Å². The van der Waals surface area contributed by atoms with Gasteiger partial charge in [-0.05, 0) is 44.7 Å². The molecule has 6 nitrogen and oxygen atoms in total. The summed E-state index contributed by atoms with van der Waals surface area (Å²) in [6, 6.07) is 11.0. The van der Waals surface area contributed by atoms with Gasteiger partial charge in [0.1, 0.15) is 5.82 Å². The number of piperidine rings is 1. The number of hydrogen-bond acceptors (Lipinski definition) is 5. The number of morpholine rings is 1. The van der Waals surface area contributed by atoms with Crippen molar-refractivity contribution in [2.75, 3.05) is 37.7 Å². The van der Waals surface area contributed by atoms with Gasteiger partial charge in [-0.2, -0.15) is 0 Å². The third kappa shape index (κ3) is 4.09. The smallest absolute Gasteiger partial charge is 0.252 e. The van der Waals surface area contributed by atoms with Gasteiger partial charge >= 0.3 is 0 Å². The summed E-state index contributed by atoms with van der Waals surface area (Å²) < 4.78 is 5.70. The van der Waals surface area contributed by atoms with Crippen LogP contribution < -0.4 is 10.2 Å². The van der Waals surface area contributed by atoms with Crippen molar-refractivity contribution in [2.45, 2.75) is 50.8 Å². The standard InChI is InChI=1S/C23H30N4O2/c1-16-15-27(12-13-29-16)18-8-10-26(11-9-18)22-14-20(23(28)24-17-6-7-17)19-4-2-3-5-21(19)25-22/h2-5,14,16-18H,6-13,15H2,1H3,(H,24,28). The van der Waals surface area contributed by atoms with Crippen molar-refractivity contribution < 1.29 is 9.53 Å². The van der Waals surface area contributed by atoms with Gasteiger partial charge in [0.2, 0.25) is 0 Å². The van der Waals surface area contributed by atoms with Crippen LogP contribution in [0.15, 0.2) is 30.3 Å². The third-order valence-corrected chi connectivity index (χ3v) is 6.44. The number of rotatable bonds is 4. The molecule has 3 fully saturated rings. The maximum atomic E-state index is 12.9. The van der Waals surface area contributed by atoms with Crippen LogP contribution in [-0.4, -0.2) is 66.8 Å². The van der Waals surface area contributed by atoms with Crippen LogP contribution in [0.1, 0.15) is 43.0 Å². The molecule has 2 aliphatic heterocycles. The summed E-state index contributed by atoms with van der Waals surface area (Å²) in [5.41, 5.74) is 1.65. The number of para-hydroxylation sites is 1. The molecule has 1 aliphatic carbocycles. The van der Waals surface area contributed by atoms with E-state index in [1.165, 1.54) is 0 Å². The Balaban J connectivity index is 1.34. The van der Waals surface area contributed by atoms with E-state index in [9.17, 15) is 4.79 Å². The van der Waals surface area contributed by atoms with Gasteiger partial charge in [0.05, 0.1) is 23.8 Å². The van der Waals surface area contributed by atoms with Crippen LogP contribution in [0.5, 0.6) is 0 Å². The van der Waals surface area contributed by atoms with E-state index in [-0.39, 0.29) is 5.91 Å². The van der Waals surface area contributed by atoms with E-state index < -0.39 is 0 Å². The van der Waals surface area contributed by atoms with E-state index in [2.05, 4.69) is 22.0 Å². The number of benzene rings is 1. The molecular weight excluding hydrogens is 364 g/mol. The second-order valence-corrected chi connectivity index (χ2v) is 8.69. The highest BCUT2D eigenvalue weighted by atomic mass is 16.5. The SMILES string of the molecule is CC1CN(C2CCN(c3cc(C(=O)NC4CC4)c4ccccc4n3)CC2)CCO1. The highest BCUT2D eigenvalue weighted by molar-refractivity contribution is 6.07. The van der Waals surface area contributed by atoms with Gasteiger partial charge in [-0.25, -0.2) is 4.98 Å². The molecule has 0 spiro atoms. The Morgan fingerprint density at radius 2 is 1.93 bits per heavy atom. The van der Waals surface area contributed by atoms with Crippen LogP contribution in [0.4, 0.5) is 5.82 Å². The van der Waals surface area contributed by atoms with Gasteiger partial charge in [-0.15, -0.1) is 0 Å². The number of carbonyl (C=O) groups excluding carboxylic acids is 1. The van der Waals surface area contributed by atoms with Crippen LogP contribution in [-0.2, 0) is 4.74 Å². The summed E-state index contributed by atoms with van der Waals surface area (Å²) in [6.07, 6.45) is 4.77. The maximum absolute atomic E-state index is 12.9. The van der Waals surface area contributed by atoms with E-state index in [1.807, 2.05) is 30.3 Å². The topological polar surface area (TPSA) is 57.7 Å². The fourth-order valence-corrected chi connectivity index (χ4v) is 4.64. The first-order chi connectivity index (χ1) is 14.2. The highest BCUT2D eigenvalue weighted by Crippen LogP contribution is 2.28. The molecule has 1 amide bonds. The normalized spacial score (nSPS) is 24.0. The van der Waals surface area contributed by atoms with E-state index in [1.54, 1.807) is 0 Å². The van der Waals surface area contributed by atoms with Crippen molar-refractivity contribution in [1.29, 1.82) is 0 Å². The van der Waals surface area contributed by atoms with E-state index in [0.29, 0.717) is 18.2 Å². The monoisotopic (exact) mass is 394 g/mol. The Morgan fingerprint density at radius 1 is 1.14 bits per heavy atom. The molecule has 1 unspecified atom stereocenters. The molecule has 1 aromatic carbocycles. The number of pyridine rings is 1. The van der Waals surface area contributed by atoms with E-state index in [4.69, 9.17) is 9.72 Å². The van der Waals surface area contributed by atoms with E-state index in [0.717, 1.165) is 80.8 Å². The largest absolute Gasteiger partial charge is 0.376 e. The Hall–Kier alpha value is -2.18. The lowest BCUT2D eigenvalue weighted by atomic mass is 10.0. The number of aromatic nitrogens is 1. The van der Waals surface area contributed by atoms with Crippen molar-refractivity contribution in [1.82, 2.24) is 15.2 Å². The van der Waals surface area contributed by atoms with Gasteiger partial charge in [0.25, 0.3) is 5.91 Å². The Morgan fingerprint density at radius 3 is 2.69 bits per heavy atom. The van der Waals surface area contributed by atoms with Crippen molar-refractivity contribution >= 4 is 22.6 Å². The van der Waals surface area contributed by atoms with Crippen molar-refractivity contribution in [3.8, 4) is 0 Å². The summed E-state index contributed by atoms with van der Waals surface area (Å²) >= 11 is 0. The summed E-state index contributed by atoms with van der Waals surface area (Å²) in [5, 5.41) is 4.08. The quantitative estimate of drug-likeness (QED) is 0.864. The number of nitrogens with one attached hydrogen (secondary N) is 1. The van der Waals surface area contributed by atoms with Gasteiger partial charge in [-0.3, -0.25) is 9.69 Å². The molecule has 0 bridgehead atoms. The van der Waals surface area contributed by atoms with Gasteiger partial charge in [-0.1, -0.05) is 18.2 Å². The molecule has 5 rings (SSSR count). The number of amides is 1. The Bertz CT molecular complexity index is 890. The fraction of sp³-hybridized carbons (Fsp3) is 0.565. The molecule has 0 radical (unpaired) electrons. The van der Waals surface area contributed by atoms with Gasteiger partial charge in [0, 0.05) is 43.6 Å². The molecule has 2 saturated heterocycles. The fourth-order valence-electron chi connectivity index (χ4n) is 4.64. The molecule has 154 valence electrons. The molecule has 1 atom stereocenters. The zero-order valence-electron chi connectivity index (χ0n) is 17.1. The Kier molecular flexibility index (Phi) is 5.14. The lowest BCUT2D eigenvalue weighted by molar-refractivity contribution is -0.0373. The number of carbonyl (C=O) groups is 1. The van der Waals surface area contributed by atoms with E-state index >= 15 is 0 Å². The summed E-state index contributed by atoms with van der Waals surface area (Å²) in [5.74, 6) is 0.961. The average Bonchev–Trinajstić information content (AvgIpc) is 3.57. The second kappa shape index (κ2) is 7.92. The van der Waals surface area contributed by atoms with Crippen LogP contribution in [0.3, 0.4) is 0 Å². The minimum Gasteiger partial charge on any atom is -0.376 e. The first-order valence-electron chi connectivity index (χ1n) is 11.0. The minimum atomic E-state index is 0.0320. The molecule has 3 aliphatic rings. The number of ether oxygens (including phenoxy) is 1. The predicted octanol–water partition coefficient (Wildman–Crippen LogP) is 2.82. The molecule has 29 heavy (non-hydrogen) atoms. The summed E-state index contributed by atoms with van der Waals surface area (Å²) in [6.45, 7) is 7.03. The number of anilines is 1. The zero-order valence-corrected chi connectivity index (χ0v) is 17.1. The molecular formula is C23H30N4O2. The summed E-state index contributed by atoms with van der Waals surface area (Å²) in [7, 11) is 0. The lowest BCUT2D eigenvalue weighted by Gasteiger charge is -2.42. The maximum Gasteiger partial charge on any atom is 0.252 e. The van der Waals surface area contributed by atoms with Crippen molar-refractivity contribution in [2.24, 2.45) is 0 Å². The minimum absolute atomic E-state index is 0.0320.